The monoisotopic (exact) mass is 270 g/mol. The molecule has 0 aliphatic carbocycles. The molecule has 0 saturated carbocycles. The largest absolute Gasteiger partial charge is 0.308 e. The molecule has 88 valence electrons. The van der Waals surface area contributed by atoms with Gasteiger partial charge in [0.15, 0.2) is 4.34 Å². The van der Waals surface area contributed by atoms with Gasteiger partial charge in [-0.3, -0.25) is 10.1 Å². The summed E-state index contributed by atoms with van der Waals surface area (Å²) in [6.07, 6.45) is 1.41. The van der Waals surface area contributed by atoms with E-state index in [4.69, 9.17) is 5.84 Å². The molecule has 0 amide bonds. The molecule has 17 heavy (non-hydrogen) atoms. The van der Waals surface area contributed by atoms with Gasteiger partial charge in [-0.1, -0.05) is 0 Å². The number of hydrogen-bond acceptors (Lipinski definition) is 9. The molecule has 0 bridgehead atoms. The van der Waals surface area contributed by atoms with E-state index in [0.717, 1.165) is 0 Å². The number of aromatic nitrogens is 3. The Hall–Kier alpha value is -1.78. The summed E-state index contributed by atoms with van der Waals surface area (Å²) in [5.74, 6) is 5.42. The lowest BCUT2D eigenvalue weighted by molar-refractivity contribution is -0.385. The van der Waals surface area contributed by atoms with E-state index in [-0.39, 0.29) is 11.5 Å². The highest BCUT2D eigenvalue weighted by Crippen LogP contribution is 2.30. The maximum absolute atomic E-state index is 10.7. The van der Waals surface area contributed by atoms with Crippen LogP contribution in [0.15, 0.2) is 27.8 Å². The molecule has 2 aromatic rings. The third-order valence-electron chi connectivity index (χ3n) is 1.68. The number of rotatable bonds is 4. The van der Waals surface area contributed by atoms with E-state index in [1.807, 2.05) is 0 Å². The van der Waals surface area contributed by atoms with Crippen LogP contribution in [0.3, 0.4) is 0 Å². The van der Waals surface area contributed by atoms with E-state index in [1.54, 1.807) is 0 Å². The van der Waals surface area contributed by atoms with Crippen molar-refractivity contribution in [2.75, 3.05) is 5.43 Å². The zero-order chi connectivity index (χ0) is 12.3. The van der Waals surface area contributed by atoms with Crippen LogP contribution in [0.25, 0.3) is 0 Å². The molecular weight excluding hydrogens is 264 g/mol. The second-order valence-electron chi connectivity index (χ2n) is 2.76. The molecule has 0 aromatic carbocycles. The Morgan fingerprint density at radius 3 is 2.94 bits per heavy atom. The molecule has 10 heteroatoms. The van der Waals surface area contributed by atoms with Gasteiger partial charge < -0.3 is 5.43 Å². The normalized spacial score (nSPS) is 10.2. The van der Waals surface area contributed by atoms with Crippen molar-refractivity contribution in [3.05, 3.63) is 28.6 Å². The number of anilines is 1. The predicted octanol–water partition coefficient (Wildman–Crippen LogP) is 1.28. The van der Waals surface area contributed by atoms with E-state index in [2.05, 4.69) is 19.8 Å². The molecule has 3 N–H and O–H groups in total. The van der Waals surface area contributed by atoms with Crippen molar-refractivity contribution in [3.63, 3.8) is 0 Å². The number of nitrogens with one attached hydrogen (secondary N) is 1. The van der Waals surface area contributed by atoms with Gasteiger partial charge in [-0.2, -0.15) is 4.37 Å². The van der Waals surface area contributed by atoms with Crippen LogP contribution < -0.4 is 11.3 Å². The highest BCUT2D eigenvalue weighted by molar-refractivity contribution is 8.00. The van der Waals surface area contributed by atoms with Crippen molar-refractivity contribution < 1.29 is 4.92 Å². The minimum absolute atomic E-state index is 0.0834. The van der Waals surface area contributed by atoms with Crippen LogP contribution in [0, 0.1) is 10.1 Å². The minimum Gasteiger partial charge on any atom is -0.308 e. The van der Waals surface area contributed by atoms with Gasteiger partial charge in [0.1, 0.15) is 17.2 Å². The summed E-state index contributed by atoms with van der Waals surface area (Å²) in [6.45, 7) is 0. The van der Waals surface area contributed by atoms with Crippen LogP contribution in [-0.2, 0) is 0 Å². The fourth-order valence-electron chi connectivity index (χ4n) is 1.02. The van der Waals surface area contributed by atoms with Gasteiger partial charge >= 0.3 is 0 Å². The molecule has 0 atom stereocenters. The Morgan fingerprint density at radius 2 is 2.35 bits per heavy atom. The summed E-state index contributed by atoms with van der Waals surface area (Å²) in [7, 11) is 0. The van der Waals surface area contributed by atoms with E-state index >= 15 is 0 Å². The summed E-state index contributed by atoms with van der Waals surface area (Å²) < 4.78 is 4.48. The lowest BCUT2D eigenvalue weighted by atomic mass is 10.4. The van der Waals surface area contributed by atoms with Crippen molar-refractivity contribution in [2.24, 2.45) is 5.84 Å². The molecule has 0 unspecified atom stereocenters. The van der Waals surface area contributed by atoms with Crippen molar-refractivity contribution in [1.29, 1.82) is 0 Å². The lowest BCUT2D eigenvalue weighted by Crippen LogP contribution is -2.09. The van der Waals surface area contributed by atoms with Crippen LogP contribution in [0.5, 0.6) is 0 Å². The highest BCUT2D eigenvalue weighted by Gasteiger charge is 2.12. The second kappa shape index (κ2) is 5.03. The fraction of sp³-hybridized carbons (Fsp3) is 0. The smallest absolute Gasteiger partial charge is 0.275 e. The third-order valence-corrected chi connectivity index (χ3v) is 3.31. The topological polar surface area (TPSA) is 120 Å². The van der Waals surface area contributed by atoms with Gasteiger partial charge in [-0.25, -0.2) is 15.8 Å². The van der Waals surface area contributed by atoms with Crippen LogP contribution in [0.1, 0.15) is 0 Å². The first-order chi connectivity index (χ1) is 8.19. The number of nitrogens with two attached hydrogens (primary N) is 1. The zero-order valence-electron chi connectivity index (χ0n) is 8.23. The second-order valence-corrected chi connectivity index (χ2v) is 4.81. The van der Waals surface area contributed by atoms with E-state index < -0.39 is 4.92 Å². The maximum Gasteiger partial charge on any atom is 0.275 e. The van der Waals surface area contributed by atoms with E-state index in [9.17, 15) is 10.1 Å². The average molecular weight is 270 g/mol. The van der Waals surface area contributed by atoms with Gasteiger partial charge in [0, 0.05) is 6.07 Å². The summed E-state index contributed by atoms with van der Waals surface area (Å²) in [5.41, 5.74) is 2.20. The SMILES string of the molecule is NNc1cc([N+](=O)[O-])cc(Sc2ncns2)n1. The summed E-state index contributed by atoms with van der Waals surface area (Å²) in [4.78, 5) is 18.2. The molecule has 2 rings (SSSR count). The van der Waals surface area contributed by atoms with Gasteiger partial charge in [-0.05, 0) is 23.3 Å². The van der Waals surface area contributed by atoms with E-state index in [1.165, 1.54) is 41.8 Å². The third kappa shape index (κ3) is 2.87. The number of hydrazine groups is 1. The molecule has 2 heterocycles. The van der Waals surface area contributed by atoms with Crippen LogP contribution >= 0.6 is 23.3 Å². The van der Waals surface area contributed by atoms with Crippen molar-refractivity contribution in [2.45, 2.75) is 9.37 Å². The number of nitro groups is 1. The van der Waals surface area contributed by atoms with Crippen molar-refractivity contribution in [1.82, 2.24) is 14.3 Å². The van der Waals surface area contributed by atoms with Gasteiger partial charge in [0.2, 0.25) is 0 Å². The fourth-order valence-corrected chi connectivity index (χ4v) is 2.44. The summed E-state index contributed by atoms with van der Waals surface area (Å²) in [5, 5.41) is 11.1. The van der Waals surface area contributed by atoms with Crippen LogP contribution in [0.4, 0.5) is 11.5 Å². The number of nitrogen functional groups attached to an aromatic ring is 1. The Bertz CT molecular complexity index is 531. The molecule has 0 radical (unpaired) electrons. The van der Waals surface area contributed by atoms with Crippen LogP contribution in [0.2, 0.25) is 0 Å². The molecule has 0 saturated heterocycles. The number of pyridine rings is 1. The van der Waals surface area contributed by atoms with Crippen molar-refractivity contribution in [3.8, 4) is 0 Å². The number of nitrogens with zero attached hydrogens (tertiary/aromatic N) is 4. The lowest BCUT2D eigenvalue weighted by Gasteiger charge is -2.02. The Labute approximate surface area is 104 Å². The molecule has 0 aliphatic rings. The highest BCUT2D eigenvalue weighted by atomic mass is 32.2. The molecular formula is C7H6N6O2S2. The zero-order valence-corrected chi connectivity index (χ0v) is 9.86. The Kier molecular flexibility index (Phi) is 3.46. The first kappa shape index (κ1) is 11.7. The molecule has 0 spiro atoms. The Morgan fingerprint density at radius 1 is 1.53 bits per heavy atom. The average Bonchev–Trinajstić information content (AvgIpc) is 2.81. The maximum atomic E-state index is 10.7. The molecule has 0 fully saturated rings. The first-order valence-corrected chi connectivity index (χ1v) is 5.85. The Balaban J connectivity index is 2.33. The van der Waals surface area contributed by atoms with Gasteiger partial charge in [0.05, 0.1) is 11.0 Å². The molecule has 2 aromatic heterocycles. The predicted molar refractivity (Wildman–Crippen MR) is 62.7 cm³/mol. The molecule has 8 nitrogen and oxygen atoms in total. The summed E-state index contributed by atoms with van der Waals surface area (Å²) in [6, 6.07) is 2.61. The standard InChI is InChI=1S/C7H6N6O2S2/c8-12-5-1-4(13(14)15)2-6(11-5)16-7-9-3-10-17-7/h1-3H,8H2,(H,11,12). The van der Waals surface area contributed by atoms with Gasteiger partial charge in [-0.15, -0.1) is 0 Å². The number of hydrogen-bond donors (Lipinski definition) is 2. The van der Waals surface area contributed by atoms with Gasteiger partial charge in [0.25, 0.3) is 5.69 Å². The first-order valence-electron chi connectivity index (χ1n) is 4.26. The quantitative estimate of drug-likeness (QED) is 0.484. The van der Waals surface area contributed by atoms with Crippen LogP contribution in [-0.4, -0.2) is 19.3 Å². The van der Waals surface area contributed by atoms with E-state index in [0.29, 0.717) is 9.37 Å². The minimum atomic E-state index is -0.507. The molecule has 0 aliphatic heterocycles. The summed E-state index contributed by atoms with van der Waals surface area (Å²) >= 11 is 2.37. The van der Waals surface area contributed by atoms with Crippen molar-refractivity contribution >= 4 is 34.8 Å².